The molecule has 2 N–H and O–H groups in total. The van der Waals surface area contributed by atoms with E-state index in [1.54, 1.807) is 0 Å². The first kappa shape index (κ1) is 13.9. The van der Waals surface area contributed by atoms with Crippen LogP contribution in [-0.2, 0) is 10.2 Å². The number of nitrogens with one attached hydrogen (secondary N) is 2. The van der Waals surface area contributed by atoms with Gasteiger partial charge in [-0.1, -0.05) is 36.6 Å². The second-order valence-electron chi connectivity index (χ2n) is 6.03. The Hall–Kier alpha value is -1.06. The molecule has 1 aromatic rings. The molecule has 0 bridgehead atoms. The standard InChI is InChI=1S/C16H21ClN2O/c17-14-5-3-4-13(8-14)16(6-1-2-7-16)15(20)19-11-12-9-18-10-12/h3-5,8,12,18H,1-2,6-7,9-11H2,(H,19,20). The molecule has 3 nitrogen and oxygen atoms in total. The lowest BCUT2D eigenvalue weighted by Crippen LogP contribution is -2.51. The smallest absolute Gasteiger partial charge is 0.230 e. The van der Waals surface area contributed by atoms with E-state index in [1.807, 2.05) is 24.3 Å². The molecule has 0 spiro atoms. The van der Waals surface area contributed by atoms with Crippen molar-refractivity contribution in [1.29, 1.82) is 0 Å². The fraction of sp³-hybridized carbons (Fsp3) is 0.562. The van der Waals surface area contributed by atoms with Crippen LogP contribution in [-0.4, -0.2) is 25.5 Å². The fourth-order valence-corrected chi connectivity index (χ4v) is 3.50. The predicted molar refractivity (Wildman–Crippen MR) is 81.0 cm³/mol. The van der Waals surface area contributed by atoms with Crippen LogP contribution in [0.25, 0.3) is 0 Å². The normalized spacial score (nSPS) is 21.4. The summed E-state index contributed by atoms with van der Waals surface area (Å²) >= 11 is 6.11. The van der Waals surface area contributed by atoms with Crippen LogP contribution in [0, 0.1) is 5.92 Å². The highest BCUT2D eigenvalue weighted by Gasteiger charge is 2.42. The molecule has 108 valence electrons. The average molecular weight is 293 g/mol. The molecule has 0 radical (unpaired) electrons. The number of hydrogen-bond donors (Lipinski definition) is 2. The van der Waals surface area contributed by atoms with Crippen molar-refractivity contribution in [2.24, 2.45) is 5.92 Å². The first-order valence-electron chi connectivity index (χ1n) is 7.46. The molecule has 0 atom stereocenters. The molecule has 0 unspecified atom stereocenters. The van der Waals surface area contributed by atoms with Gasteiger partial charge in [0.1, 0.15) is 0 Å². The van der Waals surface area contributed by atoms with E-state index in [-0.39, 0.29) is 11.3 Å². The van der Waals surface area contributed by atoms with Crippen molar-refractivity contribution in [1.82, 2.24) is 10.6 Å². The second kappa shape index (κ2) is 5.74. The molecule has 0 aromatic heterocycles. The van der Waals surface area contributed by atoms with Crippen LogP contribution < -0.4 is 10.6 Å². The minimum atomic E-state index is -0.359. The van der Waals surface area contributed by atoms with E-state index in [9.17, 15) is 4.79 Å². The molecule has 4 heteroatoms. The van der Waals surface area contributed by atoms with E-state index >= 15 is 0 Å². The summed E-state index contributed by atoms with van der Waals surface area (Å²) in [6, 6.07) is 7.81. The number of halogens is 1. The highest BCUT2D eigenvalue weighted by molar-refractivity contribution is 6.30. The molecule has 1 amide bonds. The summed E-state index contributed by atoms with van der Waals surface area (Å²) in [6.45, 7) is 2.82. The third kappa shape index (κ3) is 2.57. The molecule has 1 heterocycles. The summed E-state index contributed by atoms with van der Waals surface area (Å²) in [5.74, 6) is 0.779. The number of carbonyl (C=O) groups is 1. The molecule has 1 aliphatic carbocycles. The lowest BCUT2D eigenvalue weighted by Gasteiger charge is -2.32. The number of rotatable bonds is 4. The highest BCUT2D eigenvalue weighted by Crippen LogP contribution is 2.42. The van der Waals surface area contributed by atoms with Crippen molar-refractivity contribution in [2.45, 2.75) is 31.1 Å². The molecule has 2 aliphatic rings. The first-order valence-corrected chi connectivity index (χ1v) is 7.83. The van der Waals surface area contributed by atoms with Gasteiger partial charge in [0.25, 0.3) is 0 Å². The summed E-state index contributed by atoms with van der Waals surface area (Å²) in [6.07, 6.45) is 4.10. The van der Waals surface area contributed by atoms with Crippen LogP contribution in [0.4, 0.5) is 0 Å². The lowest BCUT2D eigenvalue weighted by atomic mass is 9.78. The zero-order chi connectivity index (χ0) is 14.0. The van der Waals surface area contributed by atoms with E-state index in [2.05, 4.69) is 10.6 Å². The van der Waals surface area contributed by atoms with Gasteiger partial charge in [-0.3, -0.25) is 4.79 Å². The largest absolute Gasteiger partial charge is 0.355 e. The van der Waals surface area contributed by atoms with E-state index in [0.29, 0.717) is 10.9 Å². The molecule has 2 fully saturated rings. The Bertz CT molecular complexity index is 493. The number of benzene rings is 1. The van der Waals surface area contributed by atoms with Crippen LogP contribution in [0.5, 0.6) is 0 Å². The van der Waals surface area contributed by atoms with Gasteiger partial charge in [-0.15, -0.1) is 0 Å². The van der Waals surface area contributed by atoms with Crippen molar-refractivity contribution in [3.63, 3.8) is 0 Å². The Kier molecular flexibility index (Phi) is 3.99. The van der Waals surface area contributed by atoms with Gasteiger partial charge in [0.05, 0.1) is 5.41 Å². The summed E-state index contributed by atoms with van der Waals surface area (Å²) < 4.78 is 0. The average Bonchev–Trinajstić information content (AvgIpc) is 2.87. The topological polar surface area (TPSA) is 41.1 Å². The number of amides is 1. The van der Waals surface area contributed by atoms with Gasteiger partial charge in [0, 0.05) is 30.6 Å². The van der Waals surface area contributed by atoms with Crippen molar-refractivity contribution in [3.05, 3.63) is 34.9 Å². The second-order valence-corrected chi connectivity index (χ2v) is 6.47. The summed E-state index contributed by atoms with van der Waals surface area (Å²) in [7, 11) is 0. The van der Waals surface area contributed by atoms with Crippen molar-refractivity contribution >= 4 is 17.5 Å². The van der Waals surface area contributed by atoms with E-state index < -0.39 is 0 Å². The predicted octanol–water partition coefficient (Wildman–Crippen LogP) is 2.49. The Balaban J connectivity index is 1.77. The molecule has 1 saturated carbocycles. The quantitative estimate of drug-likeness (QED) is 0.895. The van der Waals surface area contributed by atoms with E-state index in [0.717, 1.165) is 50.9 Å². The summed E-state index contributed by atoms with van der Waals surface area (Å²) in [5.41, 5.74) is 0.717. The van der Waals surface area contributed by atoms with Gasteiger partial charge in [-0.2, -0.15) is 0 Å². The van der Waals surface area contributed by atoms with Gasteiger partial charge < -0.3 is 10.6 Å². The lowest BCUT2D eigenvalue weighted by molar-refractivity contribution is -0.126. The zero-order valence-corrected chi connectivity index (χ0v) is 12.4. The maximum atomic E-state index is 12.7. The van der Waals surface area contributed by atoms with Crippen LogP contribution in [0.15, 0.2) is 24.3 Å². The van der Waals surface area contributed by atoms with Crippen molar-refractivity contribution in [3.8, 4) is 0 Å². The zero-order valence-electron chi connectivity index (χ0n) is 11.6. The van der Waals surface area contributed by atoms with E-state index in [4.69, 9.17) is 11.6 Å². The maximum absolute atomic E-state index is 12.7. The molecule has 1 aromatic carbocycles. The number of hydrogen-bond acceptors (Lipinski definition) is 2. The Morgan fingerprint density at radius 2 is 2.10 bits per heavy atom. The van der Waals surface area contributed by atoms with Crippen LogP contribution >= 0.6 is 11.6 Å². The molecular weight excluding hydrogens is 272 g/mol. The fourth-order valence-electron chi connectivity index (χ4n) is 3.31. The molecule has 1 aliphatic heterocycles. The molecule has 20 heavy (non-hydrogen) atoms. The maximum Gasteiger partial charge on any atom is 0.230 e. The van der Waals surface area contributed by atoms with Gasteiger partial charge in [0.2, 0.25) is 5.91 Å². The van der Waals surface area contributed by atoms with Gasteiger partial charge in [0.15, 0.2) is 0 Å². The molecular formula is C16H21ClN2O. The van der Waals surface area contributed by atoms with Gasteiger partial charge in [-0.05, 0) is 30.5 Å². The Morgan fingerprint density at radius 3 is 2.70 bits per heavy atom. The molecule has 1 saturated heterocycles. The summed E-state index contributed by atoms with van der Waals surface area (Å²) in [5, 5.41) is 7.11. The minimum absolute atomic E-state index is 0.184. The van der Waals surface area contributed by atoms with Gasteiger partial charge >= 0.3 is 0 Å². The van der Waals surface area contributed by atoms with Crippen LogP contribution in [0.3, 0.4) is 0 Å². The molecule has 3 rings (SSSR count). The third-order valence-electron chi connectivity index (χ3n) is 4.69. The highest BCUT2D eigenvalue weighted by atomic mass is 35.5. The van der Waals surface area contributed by atoms with E-state index in [1.165, 1.54) is 0 Å². The van der Waals surface area contributed by atoms with Crippen molar-refractivity contribution in [2.75, 3.05) is 19.6 Å². The van der Waals surface area contributed by atoms with Crippen LogP contribution in [0.1, 0.15) is 31.2 Å². The first-order chi connectivity index (χ1) is 9.71. The number of carbonyl (C=O) groups excluding carboxylic acids is 1. The van der Waals surface area contributed by atoms with Crippen LogP contribution in [0.2, 0.25) is 5.02 Å². The third-order valence-corrected chi connectivity index (χ3v) is 4.92. The monoisotopic (exact) mass is 292 g/mol. The summed E-state index contributed by atoms with van der Waals surface area (Å²) in [4.78, 5) is 12.7. The Labute approximate surface area is 125 Å². The minimum Gasteiger partial charge on any atom is -0.355 e. The Morgan fingerprint density at radius 1 is 1.35 bits per heavy atom. The van der Waals surface area contributed by atoms with Crippen molar-refractivity contribution < 1.29 is 4.79 Å². The SMILES string of the molecule is O=C(NCC1CNC1)C1(c2cccc(Cl)c2)CCCC1. The van der Waals surface area contributed by atoms with Gasteiger partial charge in [-0.25, -0.2) is 0 Å².